The Balaban J connectivity index is 2.01. The van der Waals surface area contributed by atoms with Crippen molar-refractivity contribution in [3.05, 3.63) is 51.8 Å². The molecule has 0 aliphatic carbocycles. The average Bonchev–Trinajstić information content (AvgIpc) is 2.82. The minimum atomic E-state index is -0.663. The average molecular weight is 342 g/mol. The van der Waals surface area contributed by atoms with E-state index in [-0.39, 0.29) is 11.5 Å². The van der Waals surface area contributed by atoms with Crippen LogP contribution in [-0.2, 0) is 9.53 Å². The highest BCUT2D eigenvalue weighted by Gasteiger charge is 2.21. The maximum absolute atomic E-state index is 12.2. The number of benzene rings is 1. The molecule has 6 heteroatoms. The molecule has 0 radical (unpaired) electrons. The highest BCUT2D eigenvalue weighted by atomic mass is 16.5. The van der Waals surface area contributed by atoms with Crippen molar-refractivity contribution >= 4 is 23.3 Å². The zero-order valence-corrected chi connectivity index (χ0v) is 15.1. The second-order valence-corrected chi connectivity index (χ2v) is 6.12. The number of ether oxygens (including phenoxy) is 1. The first-order valence-corrected chi connectivity index (χ1v) is 7.95. The summed E-state index contributed by atoms with van der Waals surface area (Å²) in [6.45, 7) is 8.29. The number of ketones is 1. The van der Waals surface area contributed by atoms with Gasteiger partial charge in [0.05, 0.1) is 0 Å². The summed E-state index contributed by atoms with van der Waals surface area (Å²) in [5, 5.41) is 2.71. The number of esters is 1. The molecular formula is C19H22N2O4. The van der Waals surface area contributed by atoms with Crippen LogP contribution in [0.5, 0.6) is 0 Å². The van der Waals surface area contributed by atoms with E-state index in [0.717, 1.165) is 11.1 Å². The fourth-order valence-corrected chi connectivity index (χ4v) is 2.83. The fourth-order valence-electron chi connectivity index (χ4n) is 2.83. The van der Waals surface area contributed by atoms with Gasteiger partial charge in [-0.3, -0.25) is 9.59 Å². The van der Waals surface area contributed by atoms with E-state index in [9.17, 15) is 14.4 Å². The Morgan fingerprint density at radius 3 is 2.36 bits per heavy atom. The lowest BCUT2D eigenvalue weighted by Crippen LogP contribution is -2.21. The Morgan fingerprint density at radius 2 is 1.80 bits per heavy atom. The Morgan fingerprint density at radius 1 is 1.12 bits per heavy atom. The third-order valence-electron chi connectivity index (χ3n) is 3.98. The molecule has 0 aliphatic heterocycles. The molecule has 2 rings (SSSR count). The standard InChI is InChI=1S/C19H22N2O4/c1-10-6-7-15(11(2)8-10)21-16(23)9-25-19(24)18-12(3)17(14(5)22)13(4)20-18/h6-8,20H,9H2,1-5H3,(H,21,23). The Kier molecular flexibility index (Phi) is 5.41. The summed E-state index contributed by atoms with van der Waals surface area (Å²) >= 11 is 0. The van der Waals surface area contributed by atoms with Crippen molar-refractivity contribution in [2.24, 2.45) is 0 Å². The van der Waals surface area contributed by atoms with E-state index in [1.165, 1.54) is 6.92 Å². The van der Waals surface area contributed by atoms with Crippen molar-refractivity contribution in [3.8, 4) is 0 Å². The van der Waals surface area contributed by atoms with Crippen LogP contribution in [0.25, 0.3) is 0 Å². The lowest BCUT2D eigenvalue weighted by Gasteiger charge is -2.09. The number of hydrogen-bond acceptors (Lipinski definition) is 4. The van der Waals surface area contributed by atoms with Gasteiger partial charge in [0.2, 0.25) is 0 Å². The van der Waals surface area contributed by atoms with Crippen molar-refractivity contribution in [2.45, 2.75) is 34.6 Å². The number of Topliss-reactive ketones (excluding diaryl/α,β-unsaturated/α-hetero) is 1. The van der Waals surface area contributed by atoms with E-state index >= 15 is 0 Å². The molecule has 0 fully saturated rings. The first-order valence-electron chi connectivity index (χ1n) is 7.95. The van der Waals surface area contributed by atoms with Gasteiger partial charge in [-0.05, 0) is 51.8 Å². The number of amides is 1. The minimum absolute atomic E-state index is 0.127. The number of rotatable bonds is 5. The molecule has 1 heterocycles. The molecule has 0 atom stereocenters. The lowest BCUT2D eigenvalue weighted by molar-refractivity contribution is -0.119. The summed E-state index contributed by atoms with van der Waals surface area (Å²) in [5.41, 5.74) is 4.52. The van der Waals surface area contributed by atoms with Gasteiger partial charge in [0.1, 0.15) is 5.69 Å². The fraction of sp³-hybridized carbons (Fsp3) is 0.316. The monoisotopic (exact) mass is 342 g/mol. The van der Waals surface area contributed by atoms with Crippen molar-refractivity contribution in [2.75, 3.05) is 11.9 Å². The molecule has 25 heavy (non-hydrogen) atoms. The van der Waals surface area contributed by atoms with Crippen LogP contribution in [0.1, 0.15) is 50.2 Å². The molecule has 0 saturated heterocycles. The van der Waals surface area contributed by atoms with Gasteiger partial charge in [-0.15, -0.1) is 0 Å². The van der Waals surface area contributed by atoms with Gasteiger partial charge in [-0.2, -0.15) is 0 Å². The molecule has 6 nitrogen and oxygen atoms in total. The molecule has 1 aromatic heterocycles. The zero-order valence-electron chi connectivity index (χ0n) is 15.1. The predicted octanol–water partition coefficient (Wildman–Crippen LogP) is 3.25. The minimum Gasteiger partial charge on any atom is -0.451 e. The molecule has 0 saturated carbocycles. The van der Waals surface area contributed by atoms with Gasteiger partial charge in [-0.25, -0.2) is 4.79 Å². The van der Waals surface area contributed by atoms with E-state index in [1.807, 2.05) is 32.0 Å². The highest BCUT2D eigenvalue weighted by molar-refractivity contribution is 6.01. The molecule has 1 amide bonds. The van der Waals surface area contributed by atoms with Crippen LogP contribution >= 0.6 is 0 Å². The van der Waals surface area contributed by atoms with Gasteiger partial charge < -0.3 is 15.0 Å². The van der Waals surface area contributed by atoms with Crippen molar-refractivity contribution in [1.82, 2.24) is 4.98 Å². The Hall–Kier alpha value is -2.89. The number of aryl methyl sites for hydroxylation is 3. The number of hydrogen-bond donors (Lipinski definition) is 2. The number of H-pyrrole nitrogens is 1. The summed E-state index contributed by atoms with van der Waals surface area (Å²) in [6, 6.07) is 5.65. The van der Waals surface area contributed by atoms with Crippen LogP contribution in [-0.4, -0.2) is 29.3 Å². The van der Waals surface area contributed by atoms with Crippen LogP contribution in [0.4, 0.5) is 5.69 Å². The van der Waals surface area contributed by atoms with Gasteiger partial charge >= 0.3 is 5.97 Å². The molecule has 2 aromatic rings. The molecule has 0 unspecified atom stereocenters. The zero-order chi connectivity index (χ0) is 18.7. The van der Waals surface area contributed by atoms with Crippen LogP contribution in [0.15, 0.2) is 18.2 Å². The number of anilines is 1. The smallest absolute Gasteiger partial charge is 0.355 e. The molecule has 1 aromatic carbocycles. The summed E-state index contributed by atoms with van der Waals surface area (Å²) in [7, 11) is 0. The van der Waals surface area contributed by atoms with Crippen LogP contribution < -0.4 is 5.32 Å². The molecule has 0 bridgehead atoms. The number of aromatic amines is 1. The van der Waals surface area contributed by atoms with E-state index in [4.69, 9.17) is 4.74 Å². The largest absolute Gasteiger partial charge is 0.451 e. The van der Waals surface area contributed by atoms with Crippen LogP contribution in [0, 0.1) is 27.7 Å². The Labute approximate surface area is 146 Å². The van der Waals surface area contributed by atoms with Crippen molar-refractivity contribution in [1.29, 1.82) is 0 Å². The molecule has 0 spiro atoms. The summed E-state index contributed by atoms with van der Waals surface area (Å²) in [6.07, 6.45) is 0. The maximum Gasteiger partial charge on any atom is 0.355 e. The van der Waals surface area contributed by atoms with Crippen LogP contribution in [0.2, 0.25) is 0 Å². The molecule has 0 aliphatic rings. The topological polar surface area (TPSA) is 88.3 Å². The van der Waals surface area contributed by atoms with E-state index in [2.05, 4.69) is 10.3 Å². The third kappa shape index (κ3) is 4.15. The number of carbonyl (C=O) groups is 3. The van der Waals surface area contributed by atoms with Gasteiger partial charge in [-0.1, -0.05) is 17.7 Å². The molecule has 132 valence electrons. The lowest BCUT2D eigenvalue weighted by atomic mass is 10.1. The summed E-state index contributed by atoms with van der Waals surface area (Å²) < 4.78 is 5.06. The number of nitrogens with one attached hydrogen (secondary N) is 2. The van der Waals surface area contributed by atoms with Gasteiger partial charge in [0, 0.05) is 16.9 Å². The number of carbonyl (C=O) groups excluding carboxylic acids is 3. The number of aromatic nitrogens is 1. The first kappa shape index (κ1) is 18.4. The SMILES string of the molecule is CC(=O)c1c(C)[nH]c(C(=O)OCC(=O)Nc2ccc(C)cc2C)c1C. The van der Waals surface area contributed by atoms with Crippen LogP contribution in [0.3, 0.4) is 0 Å². The molecular weight excluding hydrogens is 320 g/mol. The van der Waals surface area contributed by atoms with Crippen molar-refractivity contribution in [3.63, 3.8) is 0 Å². The van der Waals surface area contributed by atoms with Gasteiger partial charge in [0.15, 0.2) is 12.4 Å². The Bertz CT molecular complexity index is 849. The van der Waals surface area contributed by atoms with Gasteiger partial charge in [0.25, 0.3) is 5.91 Å². The predicted molar refractivity (Wildman–Crippen MR) is 95.1 cm³/mol. The quantitative estimate of drug-likeness (QED) is 0.645. The first-order chi connectivity index (χ1) is 11.7. The van der Waals surface area contributed by atoms with E-state index in [1.54, 1.807) is 13.8 Å². The third-order valence-corrected chi connectivity index (χ3v) is 3.98. The normalized spacial score (nSPS) is 10.4. The second kappa shape index (κ2) is 7.34. The summed E-state index contributed by atoms with van der Waals surface area (Å²) in [4.78, 5) is 38.6. The molecule has 2 N–H and O–H groups in total. The highest BCUT2D eigenvalue weighted by Crippen LogP contribution is 2.19. The summed E-state index contributed by atoms with van der Waals surface area (Å²) in [5.74, 6) is -1.21. The van der Waals surface area contributed by atoms with Crippen molar-refractivity contribution < 1.29 is 19.1 Å². The van der Waals surface area contributed by atoms with E-state index in [0.29, 0.717) is 22.5 Å². The van der Waals surface area contributed by atoms with E-state index < -0.39 is 18.5 Å². The maximum atomic E-state index is 12.2. The second-order valence-electron chi connectivity index (χ2n) is 6.12.